The minimum absolute atomic E-state index is 0.0580. The largest absolute Gasteiger partial charge is 0.419 e. The third kappa shape index (κ3) is 4.60. The maximum Gasteiger partial charge on any atom is 0.419 e. The van der Waals surface area contributed by atoms with Crippen molar-refractivity contribution in [2.75, 3.05) is 18.5 Å². The van der Waals surface area contributed by atoms with Gasteiger partial charge in [-0.15, -0.1) is 0 Å². The fraction of sp³-hybridized carbons (Fsp3) is 0.545. The van der Waals surface area contributed by atoms with Crippen molar-refractivity contribution >= 4 is 5.82 Å². The summed E-state index contributed by atoms with van der Waals surface area (Å²) >= 11 is 0. The molecule has 6 heteroatoms. The lowest BCUT2D eigenvalue weighted by molar-refractivity contribution is -0.137. The van der Waals surface area contributed by atoms with E-state index in [1.165, 1.54) is 12.3 Å². The van der Waals surface area contributed by atoms with Crippen molar-refractivity contribution in [1.29, 1.82) is 0 Å². The van der Waals surface area contributed by atoms with E-state index in [1.807, 2.05) is 13.8 Å². The van der Waals surface area contributed by atoms with E-state index in [-0.39, 0.29) is 18.5 Å². The maximum absolute atomic E-state index is 12.6. The first-order chi connectivity index (χ1) is 7.91. The van der Waals surface area contributed by atoms with Crippen molar-refractivity contribution in [1.82, 2.24) is 4.98 Å². The summed E-state index contributed by atoms with van der Waals surface area (Å²) in [4.78, 5) is 3.68. The molecular weight excluding hydrogens is 233 g/mol. The van der Waals surface area contributed by atoms with Gasteiger partial charge in [0.05, 0.1) is 18.3 Å². The second kappa shape index (κ2) is 5.86. The van der Waals surface area contributed by atoms with E-state index in [4.69, 9.17) is 4.74 Å². The van der Waals surface area contributed by atoms with E-state index < -0.39 is 11.7 Å². The molecular formula is C11H15F3N2O. The molecule has 0 saturated heterocycles. The SMILES string of the molecule is CC(C)OCCNc1ncccc1C(F)(F)F. The van der Waals surface area contributed by atoms with E-state index in [0.29, 0.717) is 6.61 Å². The predicted molar refractivity (Wildman–Crippen MR) is 58.8 cm³/mol. The van der Waals surface area contributed by atoms with Gasteiger partial charge in [-0.25, -0.2) is 4.98 Å². The van der Waals surface area contributed by atoms with Crippen LogP contribution in [0.15, 0.2) is 18.3 Å². The summed E-state index contributed by atoms with van der Waals surface area (Å²) in [7, 11) is 0. The molecule has 1 aromatic heterocycles. The van der Waals surface area contributed by atoms with Gasteiger partial charge in [0, 0.05) is 12.7 Å². The van der Waals surface area contributed by atoms with Crippen LogP contribution < -0.4 is 5.32 Å². The highest BCUT2D eigenvalue weighted by atomic mass is 19.4. The number of hydrogen-bond acceptors (Lipinski definition) is 3. The minimum atomic E-state index is -4.39. The van der Waals surface area contributed by atoms with Crippen LogP contribution in [0.2, 0.25) is 0 Å². The molecule has 0 amide bonds. The molecule has 0 aliphatic rings. The third-order valence-corrected chi connectivity index (χ3v) is 1.96. The van der Waals surface area contributed by atoms with Gasteiger partial charge in [-0.3, -0.25) is 0 Å². The fourth-order valence-electron chi connectivity index (χ4n) is 1.24. The van der Waals surface area contributed by atoms with Crippen LogP contribution in [0.1, 0.15) is 19.4 Å². The van der Waals surface area contributed by atoms with E-state index in [0.717, 1.165) is 6.07 Å². The molecule has 0 atom stereocenters. The molecule has 0 aliphatic heterocycles. The predicted octanol–water partition coefficient (Wildman–Crippen LogP) is 2.94. The highest BCUT2D eigenvalue weighted by Crippen LogP contribution is 2.33. The lowest BCUT2D eigenvalue weighted by atomic mass is 10.2. The smallest absolute Gasteiger partial charge is 0.377 e. The molecule has 0 aromatic carbocycles. The molecule has 0 bridgehead atoms. The summed E-state index contributed by atoms with van der Waals surface area (Å²) < 4.78 is 42.9. The van der Waals surface area contributed by atoms with Crippen LogP contribution in [0.5, 0.6) is 0 Å². The van der Waals surface area contributed by atoms with Crippen molar-refractivity contribution in [3.63, 3.8) is 0 Å². The van der Waals surface area contributed by atoms with Gasteiger partial charge >= 0.3 is 6.18 Å². The second-order valence-corrected chi connectivity index (χ2v) is 3.74. The Kier molecular flexibility index (Phi) is 4.74. The molecule has 96 valence electrons. The van der Waals surface area contributed by atoms with Crippen LogP contribution in [0, 0.1) is 0 Å². The summed E-state index contributed by atoms with van der Waals surface area (Å²) in [6.07, 6.45) is -3.02. The zero-order valence-corrected chi connectivity index (χ0v) is 9.71. The molecule has 0 aliphatic carbocycles. The van der Waals surface area contributed by atoms with Crippen molar-refractivity contribution in [3.8, 4) is 0 Å². The van der Waals surface area contributed by atoms with Crippen LogP contribution in [-0.2, 0) is 10.9 Å². The zero-order chi connectivity index (χ0) is 12.9. The number of alkyl halides is 3. The number of nitrogens with one attached hydrogen (secondary N) is 1. The summed E-state index contributed by atoms with van der Waals surface area (Å²) in [5.41, 5.74) is -0.760. The van der Waals surface area contributed by atoms with Gasteiger partial charge < -0.3 is 10.1 Å². The lowest BCUT2D eigenvalue weighted by Crippen LogP contribution is -2.17. The Bertz CT molecular complexity index is 353. The van der Waals surface area contributed by atoms with Crippen molar-refractivity contribution in [3.05, 3.63) is 23.9 Å². The standard InChI is InChI=1S/C11H15F3N2O/c1-8(2)17-7-6-16-10-9(11(12,13)14)4-3-5-15-10/h3-5,8H,6-7H2,1-2H3,(H,15,16). The molecule has 1 heterocycles. The lowest BCUT2D eigenvalue weighted by Gasteiger charge is -2.13. The Labute approximate surface area is 98.0 Å². The number of rotatable bonds is 5. The minimum Gasteiger partial charge on any atom is -0.377 e. The Morgan fingerprint density at radius 1 is 1.41 bits per heavy atom. The number of aromatic nitrogens is 1. The number of pyridine rings is 1. The maximum atomic E-state index is 12.6. The summed E-state index contributed by atoms with van der Waals surface area (Å²) in [6.45, 7) is 4.35. The summed E-state index contributed by atoms with van der Waals surface area (Å²) in [5.74, 6) is -0.160. The Balaban J connectivity index is 2.59. The van der Waals surface area contributed by atoms with Gasteiger partial charge in [-0.1, -0.05) is 0 Å². The highest BCUT2D eigenvalue weighted by Gasteiger charge is 2.33. The molecule has 3 nitrogen and oxygen atoms in total. The summed E-state index contributed by atoms with van der Waals surface area (Å²) in [5, 5.41) is 2.62. The van der Waals surface area contributed by atoms with Gasteiger partial charge in [-0.2, -0.15) is 13.2 Å². The van der Waals surface area contributed by atoms with E-state index in [2.05, 4.69) is 10.3 Å². The molecule has 1 rings (SSSR count). The third-order valence-electron chi connectivity index (χ3n) is 1.96. The molecule has 0 fully saturated rings. The normalized spacial score (nSPS) is 11.9. The zero-order valence-electron chi connectivity index (χ0n) is 9.71. The van der Waals surface area contributed by atoms with Gasteiger partial charge in [0.15, 0.2) is 0 Å². The average molecular weight is 248 g/mol. The molecule has 0 saturated carbocycles. The highest BCUT2D eigenvalue weighted by molar-refractivity contribution is 5.45. The van der Waals surface area contributed by atoms with Crippen LogP contribution in [-0.4, -0.2) is 24.2 Å². The monoisotopic (exact) mass is 248 g/mol. The van der Waals surface area contributed by atoms with Gasteiger partial charge in [0.1, 0.15) is 5.82 Å². The number of anilines is 1. The van der Waals surface area contributed by atoms with Gasteiger partial charge in [-0.05, 0) is 26.0 Å². The van der Waals surface area contributed by atoms with Crippen LogP contribution in [0.25, 0.3) is 0 Å². The summed E-state index contributed by atoms with van der Waals surface area (Å²) in [6, 6.07) is 2.26. The number of ether oxygens (including phenoxy) is 1. The van der Waals surface area contributed by atoms with Crippen LogP contribution >= 0.6 is 0 Å². The van der Waals surface area contributed by atoms with Crippen molar-refractivity contribution in [2.24, 2.45) is 0 Å². The van der Waals surface area contributed by atoms with Crippen molar-refractivity contribution < 1.29 is 17.9 Å². The van der Waals surface area contributed by atoms with Crippen LogP contribution in [0.3, 0.4) is 0 Å². The molecule has 17 heavy (non-hydrogen) atoms. The Morgan fingerprint density at radius 2 is 2.12 bits per heavy atom. The molecule has 1 N–H and O–H groups in total. The fourth-order valence-corrected chi connectivity index (χ4v) is 1.24. The first kappa shape index (κ1) is 13.8. The first-order valence-electron chi connectivity index (χ1n) is 5.29. The van der Waals surface area contributed by atoms with E-state index in [1.54, 1.807) is 0 Å². The van der Waals surface area contributed by atoms with E-state index in [9.17, 15) is 13.2 Å². The second-order valence-electron chi connectivity index (χ2n) is 3.74. The molecule has 0 spiro atoms. The number of halogens is 3. The van der Waals surface area contributed by atoms with Crippen molar-refractivity contribution in [2.45, 2.75) is 26.1 Å². The molecule has 1 aromatic rings. The molecule has 0 radical (unpaired) electrons. The molecule has 0 unspecified atom stereocenters. The van der Waals surface area contributed by atoms with E-state index >= 15 is 0 Å². The Hall–Kier alpha value is -1.30. The van der Waals surface area contributed by atoms with Gasteiger partial charge in [0.25, 0.3) is 0 Å². The number of nitrogens with zero attached hydrogens (tertiary/aromatic N) is 1. The average Bonchev–Trinajstić information content (AvgIpc) is 2.23. The quantitative estimate of drug-likeness (QED) is 0.813. The van der Waals surface area contributed by atoms with Crippen LogP contribution in [0.4, 0.5) is 19.0 Å². The Morgan fingerprint density at radius 3 is 2.71 bits per heavy atom. The number of hydrogen-bond donors (Lipinski definition) is 1. The first-order valence-corrected chi connectivity index (χ1v) is 5.29. The van der Waals surface area contributed by atoms with Gasteiger partial charge in [0.2, 0.25) is 0 Å². The topological polar surface area (TPSA) is 34.1 Å².